The fourth-order valence-corrected chi connectivity index (χ4v) is 2.58. The number of carbonyl (C=O) groups excluding carboxylic acids is 1. The average Bonchev–Trinajstić information content (AvgIpc) is 2.55. The number of carbonyl (C=O) groups is 2. The minimum absolute atomic E-state index is 0.0722. The second-order valence-electron chi connectivity index (χ2n) is 4.75. The van der Waals surface area contributed by atoms with Gasteiger partial charge in [0, 0.05) is 3.57 Å². The number of hydrogen-bond donors (Lipinski definition) is 1. The highest BCUT2D eigenvalue weighted by molar-refractivity contribution is 14.1. The Balaban J connectivity index is 2.19. The van der Waals surface area contributed by atoms with E-state index in [9.17, 15) is 9.59 Å². The van der Waals surface area contributed by atoms with Crippen molar-refractivity contribution in [3.63, 3.8) is 0 Å². The zero-order valence-electron chi connectivity index (χ0n) is 11.9. The van der Waals surface area contributed by atoms with E-state index in [4.69, 9.17) is 22.1 Å². The van der Waals surface area contributed by atoms with E-state index < -0.39 is 17.9 Å². The molecule has 0 aliphatic heterocycles. The van der Waals surface area contributed by atoms with E-state index in [-0.39, 0.29) is 11.5 Å². The molecule has 6 heteroatoms. The summed E-state index contributed by atoms with van der Waals surface area (Å²) >= 11 is 7.05. The predicted octanol–water partition coefficient (Wildman–Crippen LogP) is 3.57. The number of esters is 1. The summed E-state index contributed by atoms with van der Waals surface area (Å²) in [4.78, 5) is 23.2. The van der Waals surface area contributed by atoms with Crippen molar-refractivity contribution in [1.82, 2.24) is 0 Å². The zero-order chi connectivity index (χ0) is 16.8. The summed E-state index contributed by atoms with van der Waals surface area (Å²) in [5.74, 6) is -3.05. The minimum atomic E-state index is -1.29. The number of carboxylic acid groups (broad SMARTS) is 1. The minimum Gasteiger partial charge on any atom is -0.477 e. The number of halogens is 1. The van der Waals surface area contributed by atoms with Crippen molar-refractivity contribution in [2.24, 2.45) is 0 Å². The Bertz CT molecular complexity index is 713. The number of thiocarbonyl (C=S) groups is 1. The van der Waals surface area contributed by atoms with Crippen molar-refractivity contribution < 1.29 is 19.4 Å². The molecule has 2 rings (SSSR count). The molecule has 0 spiro atoms. The van der Waals surface area contributed by atoms with E-state index in [1.807, 2.05) is 30.3 Å². The molecule has 0 saturated carbocycles. The molecule has 1 N–H and O–H groups in total. The molecule has 0 aromatic heterocycles. The van der Waals surface area contributed by atoms with Crippen LogP contribution in [0.4, 0.5) is 0 Å². The fourth-order valence-electron chi connectivity index (χ4n) is 1.99. The first-order valence-electron chi connectivity index (χ1n) is 6.72. The summed E-state index contributed by atoms with van der Waals surface area (Å²) in [7, 11) is 0. The van der Waals surface area contributed by atoms with Crippen LogP contribution in [-0.4, -0.2) is 21.9 Å². The maximum atomic E-state index is 12.4. The number of carboxylic acids is 1. The second-order valence-corrected chi connectivity index (χ2v) is 6.43. The second kappa shape index (κ2) is 8.16. The van der Waals surface area contributed by atoms with Gasteiger partial charge in [0.2, 0.25) is 0 Å². The molecule has 23 heavy (non-hydrogen) atoms. The molecule has 0 radical (unpaired) electrons. The van der Waals surface area contributed by atoms with E-state index in [0.29, 0.717) is 5.56 Å². The summed E-state index contributed by atoms with van der Waals surface area (Å²) in [5, 5.41) is 9.15. The summed E-state index contributed by atoms with van der Waals surface area (Å²) in [6, 6.07) is 16.1. The lowest BCUT2D eigenvalue weighted by Crippen LogP contribution is -2.28. The van der Waals surface area contributed by atoms with Crippen molar-refractivity contribution in [3.8, 4) is 0 Å². The van der Waals surface area contributed by atoms with Crippen molar-refractivity contribution in [2.45, 2.75) is 12.5 Å². The van der Waals surface area contributed by atoms with Gasteiger partial charge in [-0.15, -0.1) is 0 Å². The Morgan fingerprint density at radius 3 is 2.26 bits per heavy atom. The van der Waals surface area contributed by atoms with Gasteiger partial charge in [0.15, 0.2) is 0 Å². The van der Waals surface area contributed by atoms with Gasteiger partial charge in [-0.2, -0.15) is 0 Å². The average molecular weight is 440 g/mol. The van der Waals surface area contributed by atoms with Gasteiger partial charge in [0.25, 0.3) is 0 Å². The Morgan fingerprint density at radius 2 is 1.70 bits per heavy atom. The number of ether oxygens (including phenoxy) is 1. The van der Waals surface area contributed by atoms with Crippen LogP contribution in [0.2, 0.25) is 0 Å². The molecule has 0 saturated heterocycles. The summed E-state index contributed by atoms with van der Waals surface area (Å²) in [5.41, 5.74) is 1.33. The Hall–Kier alpha value is -1.80. The largest absolute Gasteiger partial charge is 0.477 e. The number of hydrogen-bond acceptors (Lipinski definition) is 4. The van der Waals surface area contributed by atoms with Crippen LogP contribution in [0.25, 0.3) is 0 Å². The molecular formula is C17H13IO4S. The summed E-state index contributed by atoms with van der Waals surface area (Å²) in [6.07, 6.45) is 0. The van der Waals surface area contributed by atoms with Crippen LogP contribution in [0, 0.1) is 3.57 Å². The van der Waals surface area contributed by atoms with Gasteiger partial charge >= 0.3 is 11.9 Å². The normalized spacial score (nSPS) is 11.5. The first-order valence-corrected chi connectivity index (χ1v) is 8.21. The predicted molar refractivity (Wildman–Crippen MR) is 98.4 cm³/mol. The fraction of sp³-hybridized carbons (Fsp3) is 0.118. The van der Waals surface area contributed by atoms with Gasteiger partial charge in [-0.3, -0.25) is 4.79 Å². The molecule has 1 atom stereocenters. The lowest BCUT2D eigenvalue weighted by molar-refractivity contribution is -0.145. The third-order valence-electron chi connectivity index (χ3n) is 3.14. The number of rotatable bonds is 6. The third-order valence-corrected chi connectivity index (χ3v) is 4.27. The smallest absolute Gasteiger partial charge is 0.343 e. The van der Waals surface area contributed by atoms with Gasteiger partial charge in [0.1, 0.15) is 17.4 Å². The van der Waals surface area contributed by atoms with E-state index in [2.05, 4.69) is 22.6 Å². The number of benzene rings is 2. The SMILES string of the molecule is O=C(O)C(=S)C(C(=O)OCc1ccccc1)c1ccc(I)cc1. The van der Waals surface area contributed by atoms with Gasteiger partial charge in [-0.25, -0.2) is 4.79 Å². The number of aliphatic carboxylic acids is 1. The lowest BCUT2D eigenvalue weighted by atomic mass is 9.95. The monoisotopic (exact) mass is 440 g/mol. The van der Waals surface area contributed by atoms with Crippen molar-refractivity contribution in [3.05, 3.63) is 69.3 Å². The molecule has 118 valence electrons. The van der Waals surface area contributed by atoms with Crippen LogP contribution >= 0.6 is 34.8 Å². The molecule has 0 fully saturated rings. The molecule has 0 aliphatic carbocycles. The lowest BCUT2D eigenvalue weighted by Gasteiger charge is -2.15. The standard InChI is InChI=1S/C17H13IO4S/c18-13-8-6-12(7-9-13)14(15(23)16(19)20)17(21)22-10-11-4-2-1-3-5-11/h1-9,14H,10H2,(H,19,20). The molecule has 2 aromatic carbocycles. The molecule has 0 amide bonds. The van der Waals surface area contributed by atoms with Crippen molar-refractivity contribution in [1.29, 1.82) is 0 Å². The highest BCUT2D eigenvalue weighted by Crippen LogP contribution is 2.22. The zero-order valence-corrected chi connectivity index (χ0v) is 14.9. The van der Waals surface area contributed by atoms with Gasteiger partial charge in [-0.1, -0.05) is 54.7 Å². The van der Waals surface area contributed by atoms with Crippen LogP contribution in [0.3, 0.4) is 0 Å². The quantitative estimate of drug-likeness (QED) is 0.423. The maximum Gasteiger partial charge on any atom is 0.343 e. The molecule has 2 aromatic rings. The maximum absolute atomic E-state index is 12.4. The van der Waals surface area contributed by atoms with Crippen LogP contribution < -0.4 is 0 Å². The summed E-state index contributed by atoms with van der Waals surface area (Å²) < 4.78 is 6.23. The van der Waals surface area contributed by atoms with Crippen molar-refractivity contribution in [2.75, 3.05) is 0 Å². The van der Waals surface area contributed by atoms with Crippen molar-refractivity contribution >= 4 is 51.6 Å². The topological polar surface area (TPSA) is 63.6 Å². The molecule has 4 nitrogen and oxygen atoms in total. The Morgan fingerprint density at radius 1 is 1.09 bits per heavy atom. The molecule has 0 heterocycles. The third kappa shape index (κ3) is 4.84. The van der Waals surface area contributed by atoms with Gasteiger partial charge < -0.3 is 9.84 Å². The van der Waals surface area contributed by atoms with E-state index in [0.717, 1.165) is 9.13 Å². The van der Waals surface area contributed by atoms with Gasteiger partial charge in [0.05, 0.1) is 0 Å². The summed E-state index contributed by atoms with van der Waals surface area (Å²) in [6.45, 7) is 0.0722. The molecule has 0 bridgehead atoms. The highest BCUT2D eigenvalue weighted by atomic mass is 127. The first kappa shape index (κ1) is 17.6. The van der Waals surface area contributed by atoms with Crippen LogP contribution in [0.15, 0.2) is 54.6 Å². The van der Waals surface area contributed by atoms with Crippen LogP contribution in [0.5, 0.6) is 0 Å². The van der Waals surface area contributed by atoms with Gasteiger partial charge in [-0.05, 0) is 45.9 Å². The molecule has 1 unspecified atom stereocenters. The first-order chi connectivity index (χ1) is 11.0. The molecular weight excluding hydrogens is 427 g/mol. The molecule has 0 aliphatic rings. The Kier molecular flexibility index (Phi) is 6.23. The Labute approximate surface area is 152 Å². The highest BCUT2D eigenvalue weighted by Gasteiger charge is 2.31. The van der Waals surface area contributed by atoms with E-state index >= 15 is 0 Å². The van der Waals surface area contributed by atoms with Crippen LogP contribution in [-0.2, 0) is 20.9 Å². The van der Waals surface area contributed by atoms with E-state index in [1.54, 1.807) is 24.3 Å². The van der Waals surface area contributed by atoms with Crippen LogP contribution in [0.1, 0.15) is 17.0 Å². The van der Waals surface area contributed by atoms with E-state index in [1.165, 1.54) is 0 Å².